The normalized spacial score (nSPS) is 12.2. The molecule has 0 bridgehead atoms. The molecule has 0 saturated carbocycles. The first kappa shape index (κ1) is 23.2. The van der Waals surface area contributed by atoms with Crippen molar-refractivity contribution < 1.29 is 18.9 Å². The van der Waals surface area contributed by atoms with Crippen molar-refractivity contribution in [2.24, 2.45) is 4.99 Å². The molecule has 0 heterocycles. The third-order valence-corrected chi connectivity index (χ3v) is 4.91. The molecule has 0 aliphatic heterocycles. The monoisotopic (exact) mass is 415 g/mol. The summed E-state index contributed by atoms with van der Waals surface area (Å²) in [6.45, 7) is 4.80. The second kappa shape index (κ2) is 11.2. The van der Waals surface area contributed by atoms with E-state index in [1.54, 1.807) is 35.5 Å². The third-order valence-electron chi connectivity index (χ3n) is 4.91. The lowest BCUT2D eigenvalue weighted by Gasteiger charge is -2.21. The van der Waals surface area contributed by atoms with Gasteiger partial charge in [0.1, 0.15) is 23.0 Å². The molecule has 0 aliphatic carbocycles. The largest absolute Gasteiger partial charge is 0.496 e. The number of nitrogens with one attached hydrogen (secondary N) is 2. The zero-order valence-electron chi connectivity index (χ0n) is 19.0. The Morgan fingerprint density at radius 1 is 0.933 bits per heavy atom. The number of aliphatic imine (C=N–C) groups is 1. The van der Waals surface area contributed by atoms with Crippen LogP contribution in [-0.2, 0) is 6.42 Å². The number of ether oxygens (including phenoxy) is 4. The molecule has 2 rings (SSSR count). The Bertz CT molecular complexity index is 843. The van der Waals surface area contributed by atoms with Crippen LogP contribution in [0.4, 0.5) is 0 Å². The zero-order valence-corrected chi connectivity index (χ0v) is 19.0. The molecule has 164 valence electrons. The minimum atomic E-state index is 0.0242. The highest BCUT2D eigenvalue weighted by atomic mass is 16.5. The van der Waals surface area contributed by atoms with Gasteiger partial charge in [-0.2, -0.15) is 0 Å². The van der Waals surface area contributed by atoms with E-state index < -0.39 is 0 Å². The Hall–Kier alpha value is -3.09. The average Bonchev–Trinajstić information content (AvgIpc) is 2.77. The van der Waals surface area contributed by atoms with Crippen molar-refractivity contribution >= 4 is 5.96 Å². The fourth-order valence-corrected chi connectivity index (χ4v) is 3.30. The minimum absolute atomic E-state index is 0.0242. The number of methoxy groups -OCH3 is 4. The number of nitrogens with zero attached hydrogens (tertiary/aromatic N) is 1. The smallest absolute Gasteiger partial charge is 0.191 e. The van der Waals surface area contributed by atoms with Crippen LogP contribution in [-0.4, -0.2) is 48.0 Å². The quantitative estimate of drug-likeness (QED) is 0.482. The van der Waals surface area contributed by atoms with Gasteiger partial charge in [0.25, 0.3) is 0 Å². The summed E-state index contributed by atoms with van der Waals surface area (Å²) in [5, 5.41) is 6.78. The van der Waals surface area contributed by atoms with Crippen LogP contribution in [0.1, 0.15) is 29.7 Å². The summed E-state index contributed by atoms with van der Waals surface area (Å²) >= 11 is 0. The maximum atomic E-state index is 5.53. The Morgan fingerprint density at radius 2 is 1.57 bits per heavy atom. The zero-order chi connectivity index (χ0) is 22.1. The first-order valence-electron chi connectivity index (χ1n) is 9.87. The van der Waals surface area contributed by atoms with E-state index in [-0.39, 0.29) is 6.04 Å². The molecule has 0 fully saturated rings. The van der Waals surface area contributed by atoms with Crippen molar-refractivity contribution in [1.29, 1.82) is 0 Å². The predicted molar refractivity (Wildman–Crippen MR) is 120 cm³/mol. The fourth-order valence-electron chi connectivity index (χ4n) is 3.30. The van der Waals surface area contributed by atoms with Gasteiger partial charge in [0.15, 0.2) is 5.96 Å². The molecule has 0 saturated heterocycles. The number of rotatable bonds is 9. The van der Waals surface area contributed by atoms with Crippen LogP contribution in [0.5, 0.6) is 23.0 Å². The average molecular weight is 416 g/mol. The van der Waals surface area contributed by atoms with Crippen molar-refractivity contribution in [3.05, 3.63) is 47.0 Å². The van der Waals surface area contributed by atoms with Gasteiger partial charge in [0.05, 0.1) is 34.5 Å². The van der Waals surface area contributed by atoms with Crippen LogP contribution >= 0.6 is 0 Å². The highest BCUT2D eigenvalue weighted by Gasteiger charge is 2.15. The Kier molecular flexibility index (Phi) is 8.65. The molecule has 2 aromatic carbocycles. The van der Waals surface area contributed by atoms with E-state index in [4.69, 9.17) is 18.9 Å². The van der Waals surface area contributed by atoms with Crippen LogP contribution in [0.2, 0.25) is 0 Å². The molecular formula is C23H33N3O4. The summed E-state index contributed by atoms with van der Waals surface area (Å²) < 4.78 is 21.9. The number of benzene rings is 2. The van der Waals surface area contributed by atoms with E-state index in [0.29, 0.717) is 24.7 Å². The van der Waals surface area contributed by atoms with Gasteiger partial charge in [-0.25, -0.2) is 0 Å². The summed E-state index contributed by atoms with van der Waals surface area (Å²) in [7, 11) is 8.34. The molecule has 2 aromatic rings. The second-order valence-electron chi connectivity index (χ2n) is 6.87. The lowest BCUT2D eigenvalue weighted by atomic mass is 10.0. The van der Waals surface area contributed by atoms with E-state index in [1.807, 2.05) is 24.3 Å². The lowest BCUT2D eigenvalue weighted by Crippen LogP contribution is -2.39. The number of hydrogen-bond acceptors (Lipinski definition) is 5. The summed E-state index contributed by atoms with van der Waals surface area (Å²) in [4.78, 5) is 4.35. The Balaban J connectivity index is 2.06. The van der Waals surface area contributed by atoms with Crippen LogP contribution in [0, 0.1) is 6.92 Å². The SMILES string of the molecule is CN=C(NCCc1c(OC)cc(OC)cc1OC)NC(C)c1cc(C)ccc1OC. The number of aryl methyl sites for hydroxylation is 1. The standard InChI is InChI=1S/C23H33N3O4/c1-15-8-9-20(28-5)19(12-15)16(2)26-23(24-3)25-11-10-18-21(29-6)13-17(27-4)14-22(18)30-7/h8-9,12-14,16H,10-11H2,1-7H3,(H2,24,25,26). The first-order chi connectivity index (χ1) is 14.5. The third kappa shape index (κ3) is 5.72. The van der Waals surface area contributed by atoms with Gasteiger partial charge in [-0.05, 0) is 26.3 Å². The second-order valence-corrected chi connectivity index (χ2v) is 6.87. The Labute approximate surface area is 179 Å². The van der Waals surface area contributed by atoms with Gasteiger partial charge < -0.3 is 29.6 Å². The van der Waals surface area contributed by atoms with Gasteiger partial charge in [-0.3, -0.25) is 4.99 Å². The van der Waals surface area contributed by atoms with Crippen LogP contribution in [0.3, 0.4) is 0 Å². The molecule has 0 aromatic heterocycles. The molecule has 7 heteroatoms. The molecule has 1 unspecified atom stereocenters. The topological polar surface area (TPSA) is 73.3 Å². The fraction of sp³-hybridized carbons (Fsp3) is 0.435. The molecular weight excluding hydrogens is 382 g/mol. The minimum Gasteiger partial charge on any atom is -0.496 e. The van der Waals surface area contributed by atoms with Crippen molar-refractivity contribution in [1.82, 2.24) is 10.6 Å². The van der Waals surface area contributed by atoms with Gasteiger partial charge in [-0.1, -0.05) is 17.7 Å². The summed E-state index contributed by atoms with van der Waals surface area (Å²) in [5.41, 5.74) is 3.23. The Morgan fingerprint density at radius 3 is 2.10 bits per heavy atom. The number of hydrogen-bond donors (Lipinski definition) is 2. The van der Waals surface area contributed by atoms with E-state index >= 15 is 0 Å². The first-order valence-corrected chi connectivity index (χ1v) is 9.87. The van der Waals surface area contributed by atoms with Crippen LogP contribution in [0.25, 0.3) is 0 Å². The van der Waals surface area contributed by atoms with Gasteiger partial charge in [0.2, 0.25) is 0 Å². The highest BCUT2D eigenvalue weighted by molar-refractivity contribution is 5.80. The maximum absolute atomic E-state index is 5.53. The van der Waals surface area contributed by atoms with Crippen molar-refractivity contribution in [2.75, 3.05) is 42.0 Å². The maximum Gasteiger partial charge on any atom is 0.191 e. The predicted octanol–water partition coefficient (Wildman–Crippen LogP) is 3.50. The molecule has 1 atom stereocenters. The van der Waals surface area contributed by atoms with E-state index in [2.05, 4.69) is 35.5 Å². The van der Waals surface area contributed by atoms with E-state index in [9.17, 15) is 0 Å². The molecule has 30 heavy (non-hydrogen) atoms. The highest BCUT2D eigenvalue weighted by Crippen LogP contribution is 2.34. The van der Waals surface area contributed by atoms with Crippen LogP contribution in [0.15, 0.2) is 35.3 Å². The van der Waals surface area contributed by atoms with Crippen molar-refractivity contribution in [3.63, 3.8) is 0 Å². The molecule has 2 N–H and O–H groups in total. The summed E-state index contributed by atoms with van der Waals surface area (Å²) in [6.07, 6.45) is 0.694. The van der Waals surface area contributed by atoms with Crippen molar-refractivity contribution in [3.8, 4) is 23.0 Å². The number of guanidine groups is 1. The molecule has 0 radical (unpaired) electrons. The van der Waals surface area contributed by atoms with E-state index in [0.717, 1.165) is 28.4 Å². The molecule has 7 nitrogen and oxygen atoms in total. The van der Waals surface area contributed by atoms with Gasteiger partial charge >= 0.3 is 0 Å². The lowest BCUT2D eigenvalue weighted by molar-refractivity contribution is 0.368. The van der Waals surface area contributed by atoms with Crippen molar-refractivity contribution in [2.45, 2.75) is 26.3 Å². The van der Waals surface area contributed by atoms with Crippen LogP contribution < -0.4 is 29.6 Å². The summed E-state index contributed by atoms with van der Waals surface area (Å²) in [6, 6.07) is 9.89. The van der Waals surface area contributed by atoms with Gasteiger partial charge in [0, 0.05) is 36.9 Å². The van der Waals surface area contributed by atoms with Gasteiger partial charge in [-0.15, -0.1) is 0 Å². The van der Waals surface area contributed by atoms with E-state index in [1.165, 1.54) is 5.56 Å². The molecule has 0 aliphatic rings. The molecule has 0 amide bonds. The molecule has 0 spiro atoms. The summed E-state index contributed by atoms with van der Waals surface area (Å²) in [5.74, 6) is 3.71.